The fourth-order valence-electron chi connectivity index (χ4n) is 2.93. The van der Waals surface area contributed by atoms with Crippen molar-refractivity contribution >= 4 is 28.2 Å². The molecule has 0 saturated heterocycles. The van der Waals surface area contributed by atoms with E-state index in [0.29, 0.717) is 16.5 Å². The first-order valence-corrected chi connectivity index (χ1v) is 9.10. The summed E-state index contributed by atoms with van der Waals surface area (Å²) in [6.07, 6.45) is 2.80. The first-order chi connectivity index (χ1) is 12.5. The van der Waals surface area contributed by atoms with E-state index in [1.165, 1.54) is 35.6 Å². The van der Waals surface area contributed by atoms with Gasteiger partial charge in [-0.1, -0.05) is 6.92 Å². The van der Waals surface area contributed by atoms with Gasteiger partial charge in [0, 0.05) is 4.88 Å². The van der Waals surface area contributed by atoms with Gasteiger partial charge in [0.2, 0.25) is 0 Å². The zero-order chi connectivity index (χ0) is 18.7. The van der Waals surface area contributed by atoms with Crippen LogP contribution in [-0.4, -0.2) is 23.6 Å². The van der Waals surface area contributed by atoms with Crippen molar-refractivity contribution in [3.05, 3.63) is 45.8 Å². The summed E-state index contributed by atoms with van der Waals surface area (Å²) >= 11 is 1.43. The fraction of sp³-hybridized carbons (Fsp3) is 0.316. The Hall–Kier alpha value is -2.85. The van der Waals surface area contributed by atoms with Gasteiger partial charge in [-0.25, -0.2) is 4.79 Å². The highest BCUT2D eigenvalue weighted by atomic mass is 32.1. The Morgan fingerprint density at radius 3 is 2.81 bits per heavy atom. The molecule has 134 valence electrons. The van der Waals surface area contributed by atoms with Gasteiger partial charge in [-0.15, -0.1) is 11.3 Å². The van der Waals surface area contributed by atoms with E-state index in [1.807, 2.05) is 0 Å². The monoisotopic (exact) mass is 370 g/mol. The molecule has 0 unspecified atom stereocenters. The highest BCUT2D eigenvalue weighted by Crippen LogP contribution is 2.39. The van der Waals surface area contributed by atoms with Crippen molar-refractivity contribution in [2.75, 3.05) is 11.9 Å². The second-order valence-corrected chi connectivity index (χ2v) is 7.44. The molecule has 0 fully saturated rings. The predicted octanol–water partition coefficient (Wildman–Crippen LogP) is 3.25. The van der Waals surface area contributed by atoms with Gasteiger partial charge < -0.3 is 15.2 Å². The van der Waals surface area contributed by atoms with Crippen LogP contribution in [0.5, 0.6) is 5.75 Å². The van der Waals surface area contributed by atoms with Crippen molar-refractivity contribution in [1.29, 1.82) is 5.26 Å². The number of hydrogen-bond acceptors (Lipinski definition) is 6. The molecular formula is C19H18N2O4S. The van der Waals surface area contributed by atoms with Gasteiger partial charge in [0.25, 0.3) is 5.91 Å². The van der Waals surface area contributed by atoms with Crippen LogP contribution < -0.4 is 5.32 Å². The lowest BCUT2D eigenvalue weighted by Crippen LogP contribution is -2.20. The van der Waals surface area contributed by atoms with Crippen LogP contribution in [-0.2, 0) is 22.4 Å². The molecule has 1 atom stereocenters. The molecular weight excluding hydrogens is 352 g/mol. The molecule has 1 aromatic carbocycles. The number of benzene rings is 1. The van der Waals surface area contributed by atoms with E-state index in [0.717, 1.165) is 29.7 Å². The molecule has 7 heteroatoms. The number of hydrogen-bond donors (Lipinski definition) is 2. The summed E-state index contributed by atoms with van der Waals surface area (Å²) in [5.74, 6) is -0.526. The van der Waals surface area contributed by atoms with Crippen LogP contribution in [0.1, 0.15) is 39.7 Å². The van der Waals surface area contributed by atoms with Crippen LogP contribution in [0.25, 0.3) is 0 Å². The van der Waals surface area contributed by atoms with E-state index >= 15 is 0 Å². The summed E-state index contributed by atoms with van der Waals surface area (Å²) in [4.78, 5) is 25.2. The molecule has 2 aromatic rings. The molecule has 0 bridgehead atoms. The topological polar surface area (TPSA) is 99.4 Å². The molecule has 0 aliphatic heterocycles. The Bertz CT molecular complexity index is 880. The number of phenolic OH excluding ortho intramolecular Hbond substituents is 1. The van der Waals surface area contributed by atoms with E-state index in [9.17, 15) is 20.0 Å². The summed E-state index contributed by atoms with van der Waals surface area (Å²) in [6, 6.07) is 7.75. The Labute approximate surface area is 155 Å². The minimum Gasteiger partial charge on any atom is -0.508 e. The zero-order valence-corrected chi connectivity index (χ0v) is 15.1. The predicted molar refractivity (Wildman–Crippen MR) is 97.2 cm³/mol. The lowest BCUT2D eigenvalue weighted by atomic mass is 9.89. The van der Waals surface area contributed by atoms with E-state index < -0.39 is 18.5 Å². The molecule has 1 amide bonds. The third-order valence-electron chi connectivity index (χ3n) is 4.31. The number of rotatable bonds is 4. The number of nitrogens with zero attached hydrogens (tertiary/aromatic N) is 1. The smallest absolute Gasteiger partial charge is 0.338 e. The van der Waals surface area contributed by atoms with Crippen molar-refractivity contribution in [3.63, 3.8) is 0 Å². The van der Waals surface area contributed by atoms with Gasteiger partial charge in [-0.3, -0.25) is 4.79 Å². The Kier molecular flexibility index (Phi) is 5.24. The van der Waals surface area contributed by atoms with E-state index in [1.54, 1.807) is 0 Å². The van der Waals surface area contributed by atoms with Crippen LogP contribution in [0.3, 0.4) is 0 Å². The third-order valence-corrected chi connectivity index (χ3v) is 5.48. The summed E-state index contributed by atoms with van der Waals surface area (Å²) in [6.45, 7) is 1.74. The van der Waals surface area contributed by atoms with Gasteiger partial charge in [0.05, 0.1) is 11.1 Å². The van der Waals surface area contributed by atoms with E-state index in [4.69, 9.17) is 4.74 Å². The third kappa shape index (κ3) is 3.86. The highest BCUT2D eigenvalue weighted by molar-refractivity contribution is 7.16. The number of phenols is 1. The summed E-state index contributed by atoms with van der Waals surface area (Å²) in [5.41, 5.74) is 1.80. The van der Waals surface area contributed by atoms with Gasteiger partial charge in [0.15, 0.2) is 6.61 Å². The fourth-order valence-corrected chi connectivity index (χ4v) is 4.31. The number of anilines is 1. The van der Waals surface area contributed by atoms with Crippen LogP contribution in [0, 0.1) is 17.2 Å². The molecule has 2 N–H and O–H groups in total. The van der Waals surface area contributed by atoms with Crippen LogP contribution >= 0.6 is 11.3 Å². The average molecular weight is 370 g/mol. The summed E-state index contributed by atoms with van der Waals surface area (Å²) in [7, 11) is 0. The van der Waals surface area contributed by atoms with Crippen molar-refractivity contribution < 1.29 is 19.4 Å². The van der Waals surface area contributed by atoms with Crippen LogP contribution in [0.4, 0.5) is 5.00 Å². The first-order valence-electron chi connectivity index (χ1n) is 8.28. The number of esters is 1. The number of fused-ring (bicyclic) bond motifs is 1. The maximum absolute atomic E-state index is 12.1. The van der Waals surface area contributed by atoms with E-state index in [2.05, 4.69) is 18.3 Å². The maximum atomic E-state index is 12.1. The number of aromatic hydroxyl groups is 1. The summed E-state index contributed by atoms with van der Waals surface area (Å²) < 4.78 is 4.98. The second kappa shape index (κ2) is 7.58. The molecule has 0 radical (unpaired) electrons. The first kappa shape index (κ1) is 18.0. The molecule has 0 saturated carbocycles. The van der Waals surface area contributed by atoms with Gasteiger partial charge in [0.1, 0.15) is 16.8 Å². The second-order valence-electron chi connectivity index (χ2n) is 6.34. The van der Waals surface area contributed by atoms with Crippen molar-refractivity contribution in [3.8, 4) is 11.8 Å². The molecule has 1 aliphatic rings. The SMILES string of the molecule is C[C@H]1CCc2c(sc(NC(=O)COC(=O)c3ccc(O)cc3)c2C#N)C1. The molecule has 6 nitrogen and oxygen atoms in total. The minimum absolute atomic E-state index is 0.0410. The molecule has 3 rings (SSSR count). The summed E-state index contributed by atoms with van der Waals surface area (Å²) in [5, 5.41) is 21.9. The number of nitrogens with one attached hydrogen (secondary N) is 1. The van der Waals surface area contributed by atoms with Gasteiger partial charge >= 0.3 is 5.97 Å². The Morgan fingerprint density at radius 1 is 1.38 bits per heavy atom. The number of nitriles is 1. The molecule has 1 aromatic heterocycles. The maximum Gasteiger partial charge on any atom is 0.338 e. The molecule has 26 heavy (non-hydrogen) atoms. The molecule has 1 aliphatic carbocycles. The van der Waals surface area contributed by atoms with E-state index in [-0.39, 0.29) is 11.3 Å². The number of carbonyl (C=O) groups excluding carboxylic acids is 2. The standard InChI is InChI=1S/C19H18N2O4S/c1-11-2-7-14-15(9-20)18(26-16(14)8-11)21-17(23)10-25-19(24)12-3-5-13(22)6-4-12/h3-6,11,22H,2,7-8,10H2,1H3,(H,21,23)/t11-/m0/s1. The normalized spacial score (nSPS) is 15.6. The van der Waals surface area contributed by atoms with Crippen LogP contribution in [0.15, 0.2) is 24.3 Å². The van der Waals surface area contributed by atoms with Crippen molar-refractivity contribution in [2.24, 2.45) is 5.92 Å². The van der Waals surface area contributed by atoms with Crippen LogP contribution in [0.2, 0.25) is 0 Å². The molecule has 1 heterocycles. The number of ether oxygens (including phenoxy) is 1. The number of amides is 1. The van der Waals surface area contributed by atoms with Gasteiger partial charge in [-0.2, -0.15) is 5.26 Å². The number of thiophene rings is 1. The van der Waals surface area contributed by atoms with Gasteiger partial charge in [-0.05, 0) is 55.0 Å². The number of carbonyl (C=O) groups is 2. The molecule has 0 spiro atoms. The highest BCUT2D eigenvalue weighted by Gasteiger charge is 2.24. The van der Waals surface area contributed by atoms with Crippen molar-refractivity contribution in [1.82, 2.24) is 0 Å². The lowest BCUT2D eigenvalue weighted by molar-refractivity contribution is -0.119. The Morgan fingerprint density at radius 2 is 2.12 bits per heavy atom. The zero-order valence-electron chi connectivity index (χ0n) is 14.2. The lowest BCUT2D eigenvalue weighted by Gasteiger charge is -2.17. The Balaban J connectivity index is 1.63. The quantitative estimate of drug-likeness (QED) is 0.805. The average Bonchev–Trinajstić information content (AvgIpc) is 2.96. The minimum atomic E-state index is -0.653. The van der Waals surface area contributed by atoms with Crippen molar-refractivity contribution in [2.45, 2.75) is 26.2 Å². The largest absolute Gasteiger partial charge is 0.508 e.